The Morgan fingerprint density at radius 1 is 0.970 bits per heavy atom. The fourth-order valence-electron chi connectivity index (χ4n) is 6.57. The molecule has 5 rings (SSSR count). The number of likely N-dealkylation sites (tertiary alicyclic amines) is 1. The van der Waals surface area contributed by atoms with E-state index < -0.39 is 11.9 Å². The maximum atomic E-state index is 12.2. The molecule has 13 nitrogen and oxygen atoms in total. The number of hydrogen-bond acceptors (Lipinski definition) is 9. The zero-order valence-corrected chi connectivity index (χ0v) is 42.4. The summed E-state index contributed by atoms with van der Waals surface area (Å²) in [5, 5.41) is 21.4. The number of aliphatic hydroxyl groups is 1. The van der Waals surface area contributed by atoms with Crippen molar-refractivity contribution >= 4 is 67.4 Å². The Morgan fingerprint density at radius 3 is 2.04 bits per heavy atom. The Labute approximate surface area is 412 Å². The van der Waals surface area contributed by atoms with Crippen molar-refractivity contribution in [3.8, 4) is 0 Å². The van der Waals surface area contributed by atoms with Crippen LogP contribution >= 0.6 is 31.8 Å². The van der Waals surface area contributed by atoms with Gasteiger partial charge in [-0.05, 0) is 106 Å². The van der Waals surface area contributed by atoms with E-state index in [1.54, 1.807) is 23.1 Å². The third-order valence-corrected chi connectivity index (χ3v) is 11.6. The van der Waals surface area contributed by atoms with E-state index >= 15 is 0 Å². The van der Waals surface area contributed by atoms with Crippen molar-refractivity contribution < 1.29 is 24.3 Å². The third kappa shape index (κ3) is 28.3. The van der Waals surface area contributed by atoms with Gasteiger partial charge in [0, 0.05) is 35.2 Å². The normalized spacial score (nSPS) is 15.3. The van der Waals surface area contributed by atoms with E-state index in [2.05, 4.69) is 72.6 Å². The number of aryl methyl sites for hydroxylation is 1. The minimum absolute atomic E-state index is 0.00562. The highest BCUT2D eigenvalue weighted by molar-refractivity contribution is 7.36. The van der Waals surface area contributed by atoms with Crippen molar-refractivity contribution in [3.05, 3.63) is 144 Å². The van der Waals surface area contributed by atoms with Crippen molar-refractivity contribution in [2.45, 2.75) is 103 Å². The van der Waals surface area contributed by atoms with Gasteiger partial charge in [0.15, 0.2) is 0 Å². The zero-order chi connectivity index (χ0) is 50.6. The molecule has 1 saturated heterocycles. The highest BCUT2D eigenvalue weighted by atomic mass is 35.5. The predicted molar refractivity (Wildman–Crippen MR) is 285 cm³/mol. The lowest BCUT2D eigenvalue weighted by molar-refractivity contribution is -0.138. The first-order valence-electron chi connectivity index (χ1n) is 22.5. The van der Waals surface area contributed by atoms with Gasteiger partial charge in [-0.15, -0.1) is 8.58 Å². The van der Waals surface area contributed by atoms with Gasteiger partial charge in [0.1, 0.15) is 17.8 Å². The van der Waals surface area contributed by atoms with Gasteiger partial charge in [-0.25, -0.2) is 0 Å². The lowest BCUT2D eigenvalue weighted by atomic mass is 9.97. The van der Waals surface area contributed by atoms with Crippen LogP contribution in [0.1, 0.15) is 88.7 Å². The standard InChI is InChI=1S/C15H21N3O.C13H24N3O3P.C9H8Cl2O.C6H7N.C6H12.C2H5N/c1-4-11(2)17-10-12(3)18-14(15(16)19)13-8-6-5-7-9-13;1-10(5-7-20-2)15-13(19)11-4-3-6-16(11)12(18)8-14-9-17;1-5-3-8(10)9(11)4-7(5)6(2)12;7-6-4-2-1-3-5-6;1-2-4-6-5-3-1;1-2-3/h4-6,8,14,17-18H,1-3,7,9-10H2,(H2,16,19);9-11,20H,3-8H2,1-2H3,(H,14,17)(H,15,19);3-4,12H,2H2,1H3;1-5H,7H2;1-6H2;2H,1,3H2/t14-;;;;;/m0...../s1. The van der Waals surface area contributed by atoms with Crippen LogP contribution < -0.4 is 38.5 Å². The molecule has 2 fully saturated rings. The van der Waals surface area contributed by atoms with Gasteiger partial charge in [-0.3, -0.25) is 19.2 Å². The fraction of sp³-hybridized carbons (Fsp3) is 0.412. The van der Waals surface area contributed by atoms with Gasteiger partial charge in [0.2, 0.25) is 24.1 Å². The largest absolute Gasteiger partial charge is 0.508 e. The number of rotatable bonds is 17. The number of carbonyl (C=O) groups is 4. The first-order chi connectivity index (χ1) is 32.0. The molecule has 0 spiro atoms. The Balaban J connectivity index is 0.000000849. The van der Waals surface area contributed by atoms with Crippen molar-refractivity contribution in [2.24, 2.45) is 11.5 Å². The number of nitrogens with zero attached hydrogens (tertiary/aromatic N) is 1. The van der Waals surface area contributed by atoms with Crippen LogP contribution in [0.15, 0.2) is 123 Å². The maximum Gasteiger partial charge on any atom is 0.244 e. The lowest BCUT2D eigenvalue weighted by Gasteiger charge is -2.25. The molecule has 0 aromatic heterocycles. The van der Waals surface area contributed by atoms with Crippen molar-refractivity contribution in [1.29, 1.82) is 0 Å². The fourth-order valence-corrected chi connectivity index (χ4v) is 7.67. The number of primary amides is 1. The summed E-state index contributed by atoms with van der Waals surface area (Å²) in [4.78, 5) is 47.4. The van der Waals surface area contributed by atoms with Crippen molar-refractivity contribution in [2.75, 3.05) is 38.2 Å². The number of aliphatic hydroxyl groups excluding tert-OH is 1. The monoisotopic (exact) mass is 983 g/mol. The average Bonchev–Trinajstić information content (AvgIpc) is 3.83. The minimum Gasteiger partial charge on any atom is -0.508 e. The number of nitrogens with two attached hydrogens (primary N) is 3. The highest BCUT2D eigenvalue weighted by Crippen LogP contribution is 2.28. The van der Waals surface area contributed by atoms with Gasteiger partial charge in [-0.1, -0.05) is 131 Å². The van der Waals surface area contributed by atoms with Gasteiger partial charge in [0.25, 0.3) is 0 Å². The molecule has 2 aromatic rings. The molecule has 4 amide bonds. The van der Waals surface area contributed by atoms with Gasteiger partial charge in [0.05, 0.1) is 23.1 Å². The number of para-hydroxylation sites is 1. The molecular formula is C51H77Cl2N8O5P. The second kappa shape index (κ2) is 37.6. The van der Waals surface area contributed by atoms with Gasteiger partial charge in [-0.2, -0.15) is 0 Å². The number of nitrogen functional groups attached to an aromatic ring is 1. The molecule has 1 heterocycles. The number of halogens is 2. The molecular weight excluding hydrogens is 906 g/mol. The first kappa shape index (κ1) is 61.5. The van der Waals surface area contributed by atoms with Crippen molar-refractivity contribution in [1.82, 2.24) is 26.2 Å². The van der Waals surface area contributed by atoms with Crippen LogP contribution in [0.3, 0.4) is 0 Å². The number of carbonyl (C=O) groups excluding carboxylic acids is 4. The molecule has 2 aromatic carbocycles. The summed E-state index contributed by atoms with van der Waals surface area (Å²) in [6, 6.07) is 12.0. The molecule has 0 bridgehead atoms. The lowest BCUT2D eigenvalue weighted by Crippen LogP contribution is -2.50. The summed E-state index contributed by atoms with van der Waals surface area (Å²) in [7, 11) is 0.888. The summed E-state index contributed by atoms with van der Waals surface area (Å²) in [6.07, 6.45) is 23.7. The molecule has 2 aliphatic carbocycles. The van der Waals surface area contributed by atoms with Crippen molar-refractivity contribution in [3.63, 3.8) is 0 Å². The molecule has 370 valence electrons. The molecule has 3 unspecified atom stereocenters. The molecule has 3 aliphatic rings. The smallest absolute Gasteiger partial charge is 0.244 e. The first-order valence-corrected chi connectivity index (χ1v) is 25.0. The van der Waals surface area contributed by atoms with Crippen LogP contribution in [0.2, 0.25) is 10.0 Å². The number of nitrogens with one attached hydrogen (secondary N) is 4. The Morgan fingerprint density at radius 2 is 1.57 bits per heavy atom. The van der Waals surface area contributed by atoms with Gasteiger partial charge < -0.3 is 48.5 Å². The van der Waals surface area contributed by atoms with E-state index in [1.165, 1.54) is 44.7 Å². The molecule has 1 saturated carbocycles. The summed E-state index contributed by atoms with van der Waals surface area (Å²) in [6.45, 7) is 24.7. The summed E-state index contributed by atoms with van der Waals surface area (Å²) >= 11 is 11.5. The number of benzene rings is 2. The summed E-state index contributed by atoms with van der Waals surface area (Å²) < 4.78 is 0. The van der Waals surface area contributed by atoms with Crippen LogP contribution in [-0.4, -0.2) is 84.7 Å². The average molecular weight is 984 g/mol. The minimum atomic E-state index is -0.503. The van der Waals surface area contributed by atoms with E-state index in [0.717, 1.165) is 57.2 Å². The van der Waals surface area contributed by atoms with E-state index in [0.29, 0.717) is 52.9 Å². The predicted octanol–water partition coefficient (Wildman–Crippen LogP) is 8.96. The van der Waals surface area contributed by atoms with E-state index in [1.807, 2.05) is 56.3 Å². The second-order valence-corrected chi connectivity index (χ2v) is 17.7. The zero-order valence-electron chi connectivity index (χ0n) is 39.9. The van der Waals surface area contributed by atoms with Gasteiger partial charge >= 0.3 is 0 Å². The highest BCUT2D eigenvalue weighted by Gasteiger charge is 2.34. The summed E-state index contributed by atoms with van der Waals surface area (Å²) in [5.41, 5.74) is 20.1. The van der Waals surface area contributed by atoms with Crippen LogP contribution in [0, 0.1) is 6.92 Å². The number of allylic oxidation sites excluding steroid dienone is 4. The quantitative estimate of drug-likeness (QED) is 0.0249. The van der Waals surface area contributed by atoms with Crippen LogP contribution in [-0.2, 0) is 19.2 Å². The molecule has 11 N–H and O–H groups in total. The summed E-state index contributed by atoms with van der Waals surface area (Å²) in [5.74, 6) is -0.664. The SMILES string of the molecule is C1CCCCC1.C=C(O)c1cc(Cl)c(Cl)cc1C.C=CC(=C)NCC(=C)N[C@H](C(N)=O)C1=CC=CCC1.C=CN.CPCCC(C)NC(=O)C1CCCN1C(=O)CNC=O.Nc1ccccc1. The Bertz CT molecular complexity index is 1910. The second-order valence-electron chi connectivity index (χ2n) is 15.7. The molecule has 4 atom stereocenters. The topological polar surface area (TPSA) is 218 Å². The molecule has 0 radical (unpaired) electrons. The van der Waals surface area contributed by atoms with Crippen LogP contribution in [0.4, 0.5) is 5.69 Å². The molecule has 1 aliphatic heterocycles. The third-order valence-electron chi connectivity index (χ3n) is 10.1. The van der Waals surface area contributed by atoms with E-state index in [-0.39, 0.29) is 36.2 Å². The van der Waals surface area contributed by atoms with Crippen LogP contribution in [0.25, 0.3) is 5.76 Å². The Hall–Kier alpha value is -5.49. The number of anilines is 1. The van der Waals surface area contributed by atoms with E-state index in [9.17, 15) is 19.2 Å². The number of amides is 4. The Kier molecular flexibility index (Phi) is 34.5. The maximum absolute atomic E-state index is 12.2. The van der Waals surface area contributed by atoms with E-state index in [4.69, 9.17) is 39.8 Å². The number of hydrogen-bond donors (Lipinski definition) is 8. The molecule has 16 heteroatoms. The molecule has 67 heavy (non-hydrogen) atoms. The van der Waals surface area contributed by atoms with Crippen LogP contribution in [0.5, 0.6) is 0 Å².